The van der Waals surface area contributed by atoms with Crippen LogP contribution in [0.15, 0.2) is 55.1 Å². The highest BCUT2D eigenvalue weighted by Gasteiger charge is 2.11. The van der Waals surface area contributed by atoms with Gasteiger partial charge in [-0.25, -0.2) is 4.98 Å². The summed E-state index contributed by atoms with van der Waals surface area (Å²) in [6.45, 7) is 3.08. The summed E-state index contributed by atoms with van der Waals surface area (Å²) in [5.41, 5.74) is 4.18. The van der Waals surface area contributed by atoms with Crippen LogP contribution in [-0.2, 0) is 0 Å². The molecule has 0 unspecified atom stereocenters. The van der Waals surface area contributed by atoms with Gasteiger partial charge in [-0.2, -0.15) is 0 Å². The van der Waals surface area contributed by atoms with E-state index in [9.17, 15) is 0 Å². The lowest BCUT2D eigenvalue weighted by Crippen LogP contribution is -1.97. The summed E-state index contributed by atoms with van der Waals surface area (Å²) in [7, 11) is 0. The Morgan fingerprint density at radius 3 is 2.88 bits per heavy atom. The van der Waals surface area contributed by atoms with E-state index in [-0.39, 0.29) is 0 Å². The average molecular weight is 335 g/mol. The van der Waals surface area contributed by atoms with Crippen molar-refractivity contribution in [1.29, 1.82) is 0 Å². The highest BCUT2D eigenvalue weighted by Crippen LogP contribution is 2.33. The number of anilines is 1. The molecule has 1 N–H and O–H groups in total. The topological polar surface area (TPSA) is 55.1 Å². The van der Waals surface area contributed by atoms with E-state index >= 15 is 0 Å². The van der Waals surface area contributed by atoms with Crippen LogP contribution in [0.5, 0.6) is 0 Å². The van der Waals surface area contributed by atoms with E-state index in [1.165, 1.54) is 0 Å². The van der Waals surface area contributed by atoms with Crippen molar-refractivity contribution in [2.24, 2.45) is 0 Å². The first-order valence-electron chi connectivity index (χ1n) is 7.94. The van der Waals surface area contributed by atoms with Crippen molar-refractivity contribution in [1.82, 2.24) is 19.6 Å². The van der Waals surface area contributed by atoms with Crippen molar-refractivity contribution < 1.29 is 0 Å². The lowest BCUT2D eigenvalue weighted by molar-refractivity contribution is 0.976. The van der Waals surface area contributed by atoms with Gasteiger partial charge in [0.05, 0.1) is 4.88 Å². The zero-order valence-electron chi connectivity index (χ0n) is 13.3. The van der Waals surface area contributed by atoms with E-state index in [1.807, 2.05) is 28.8 Å². The fourth-order valence-corrected chi connectivity index (χ4v) is 3.45. The molecule has 0 spiro atoms. The summed E-state index contributed by atoms with van der Waals surface area (Å²) in [6, 6.07) is 12.4. The summed E-state index contributed by atoms with van der Waals surface area (Å²) in [5.74, 6) is 0. The van der Waals surface area contributed by atoms with Crippen LogP contribution in [0.2, 0.25) is 0 Å². The van der Waals surface area contributed by atoms with Gasteiger partial charge >= 0.3 is 0 Å². The number of fused-ring (bicyclic) bond motifs is 1. The Labute approximate surface area is 144 Å². The molecule has 0 aliphatic rings. The van der Waals surface area contributed by atoms with Gasteiger partial charge in [0.1, 0.15) is 6.33 Å². The Bertz CT molecular complexity index is 958. The van der Waals surface area contributed by atoms with Gasteiger partial charge in [0.15, 0.2) is 10.8 Å². The molecule has 0 aliphatic heterocycles. The summed E-state index contributed by atoms with van der Waals surface area (Å²) in [4.78, 5) is 5.59. The third kappa shape index (κ3) is 2.76. The van der Waals surface area contributed by atoms with Gasteiger partial charge in [-0.1, -0.05) is 48.6 Å². The summed E-state index contributed by atoms with van der Waals surface area (Å²) >= 11 is 1.66. The van der Waals surface area contributed by atoms with Crippen molar-refractivity contribution in [2.75, 3.05) is 11.9 Å². The minimum absolute atomic E-state index is 0.860. The molecule has 0 amide bonds. The van der Waals surface area contributed by atoms with Crippen molar-refractivity contribution in [3.05, 3.63) is 55.1 Å². The number of nitrogens with one attached hydrogen (secondary N) is 1. The first-order valence-corrected chi connectivity index (χ1v) is 8.75. The second kappa shape index (κ2) is 6.41. The molecule has 24 heavy (non-hydrogen) atoms. The smallest absolute Gasteiger partial charge is 0.183 e. The van der Waals surface area contributed by atoms with E-state index < -0.39 is 0 Å². The Balaban J connectivity index is 1.81. The predicted octanol–water partition coefficient (Wildman–Crippen LogP) is 4.34. The maximum Gasteiger partial charge on any atom is 0.183 e. The number of hydrogen-bond donors (Lipinski definition) is 1. The van der Waals surface area contributed by atoms with Gasteiger partial charge in [0, 0.05) is 30.1 Å². The highest BCUT2D eigenvalue weighted by atomic mass is 32.1. The third-order valence-electron chi connectivity index (χ3n) is 3.79. The molecule has 0 aliphatic carbocycles. The molecular formula is C18H17N5S. The molecule has 0 bridgehead atoms. The van der Waals surface area contributed by atoms with Crippen LogP contribution in [-0.4, -0.2) is 26.1 Å². The van der Waals surface area contributed by atoms with Gasteiger partial charge < -0.3 is 5.32 Å². The SMILES string of the molecule is CCCNc1ncc(-c2cc(-c3ccccc3)c3nncn3c2)s1. The average Bonchev–Trinajstić information content (AvgIpc) is 3.29. The second-order valence-electron chi connectivity index (χ2n) is 5.53. The molecule has 0 fully saturated rings. The molecule has 6 heteroatoms. The second-order valence-corrected chi connectivity index (χ2v) is 6.56. The number of aromatic nitrogens is 4. The Kier molecular flexibility index (Phi) is 3.96. The van der Waals surface area contributed by atoms with Gasteiger partial charge in [0.2, 0.25) is 0 Å². The third-order valence-corrected chi connectivity index (χ3v) is 4.80. The Morgan fingerprint density at radius 1 is 1.17 bits per heavy atom. The minimum atomic E-state index is 0.860. The van der Waals surface area contributed by atoms with Crippen molar-refractivity contribution in [2.45, 2.75) is 13.3 Å². The van der Waals surface area contributed by atoms with Crippen LogP contribution in [0.25, 0.3) is 27.2 Å². The van der Waals surface area contributed by atoms with Crippen LogP contribution in [0.4, 0.5) is 5.13 Å². The quantitative estimate of drug-likeness (QED) is 0.589. The summed E-state index contributed by atoms with van der Waals surface area (Å²) in [5, 5.41) is 12.6. The summed E-state index contributed by atoms with van der Waals surface area (Å²) in [6.07, 6.45) is 6.80. The molecule has 3 heterocycles. The first-order chi connectivity index (χ1) is 11.8. The largest absolute Gasteiger partial charge is 0.362 e. The molecule has 0 radical (unpaired) electrons. The van der Waals surface area contributed by atoms with Crippen LogP contribution < -0.4 is 5.32 Å². The van der Waals surface area contributed by atoms with Crippen molar-refractivity contribution in [3.63, 3.8) is 0 Å². The fourth-order valence-electron chi connectivity index (χ4n) is 2.62. The predicted molar refractivity (Wildman–Crippen MR) is 98.3 cm³/mol. The summed E-state index contributed by atoms with van der Waals surface area (Å²) < 4.78 is 1.97. The van der Waals surface area contributed by atoms with Gasteiger partial charge in [-0.15, -0.1) is 10.2 Å². The molecule has 120 valence electrons. The molecule has 4 aromatic rings. The number of rotatable bonds is 5. The minimum Gasteiger partial charge on any atom is -0.362 e. The number of hydrogen-bond acceptors (Lipinski definition) is 5. The molecule has 1 aromatic carbocycles. The monoisotopic (exact) mass is 335 g/mol. The van der Waals surface area contributed by atoms with Crippen molar-refractivity contribution >= 4 is 22.1 Å². The van der Waals surface area contributed by atoms with Crippen LogP contribution in [0.1, 0.15) is 13.3 Å². The normalized spacial score (nSPS) is 11.0. The van der Waals surface area contributed by atoms with Crippen LogP contribution in [0, 0.1) is 0 Å². The molecule has 5 nitrogen and oxygen atoms in total. The van der Waals surface area contributed by atoms with E-state index in [0.29, 0.717) is 0 Å². The van der Waals surface area contributed by atoms with Crippen molar-refractivity contribution in [3.8, 4) is 21.6 Å². The van der Waals surface area contributed by atoms with Crippen LogP contribution in [0.3, 0.4) is 0 Å². The lowest BCUT2D eigenvalue weighted by atomic mass is 10.0. The molecule has 0 saturated carbocycles. The number of nitrogens with zero attached hydrogens (tertiary/aromatic N) is 4. The van der Waals surface area contributed by atoms with Crippen LogP contribution >= 0.6 is 11.3 Å². The number of thiazole rings is 1. The number of pyridine rings is 1. The number of benzene rings is 1. The Hall–Kier alpha value is -2.73. The van der Waals surface area contributed by atoms with Gasteiger partial charge in [0.25, 0.3) is 0 Å². The zero-order valence-corrected chi connectivity index (χ0v) is 14.1. The Morgan fingerprint density at radius 2 is 2.04 bits per heavy atom. The van der Waals surface area contributed by atoms with E-state index in [4.69, 9.17) is 0 Å². The molecule has 0 saturated heterocycles. The molecule has 4 rings (SSSR count). The molecular weight excluding hydrogens is 318 g/mol. The molecule has 0 atom stereocenters. The van der Waals surface area contributed by atoms with Gasteiger partial charge in [-0.3, -0.25) is 4.40 Å². The standard InChI is InChI=1S/C18H17N5S/c1-2-8-19-18-20-10-16(24-18)14-9-15(13-6-4-3-5-7-13)17-22-21-12-23(17)11-14/h3-7,9-12H,2,8H2,1H3,(H,19,20). The fraction of sp³-hybridized carbons (Fsp3) is 0.167. The van der Waals surface area contributed by atoms with E-state index in [2.05, 4.69) is 51.8 Å². The lowest BCUT2D eigenvalue weighted by Gasteiger charge is -2.06. The van der Waals surface area contributed by atoms with Gasteiger partial charge in [-0.05, 0) is 18.1 Å². The zero-order chi connectivity index (χ0) is 16.4. The maximum absolute atomic E-state index is 4.47. The first kappa shape index (κ1) is 14.8. The van der Waals surface area contributed by atoms with E-state index in [0.717, 1.165) is 45.3 Å². The highest BCUT2D eigenvalue weighted by molar-refractivity contribution is 7.18. The van der Waals surface area contributed by atoms with E-state index in [1.54, 1.807) is 17.7 Å². The molecule has 3 aromatic heterocycles. The maximum atomic E-state index is 4.47.